The average Bonchev–Trinajstić information content (AvgIpc) is 2.70. The minimum absolute atomic E-state index is 0.158. The predicted octanol–water partition coefficient (Wildman–Crippen LogP) is 3.24. The summed E-state index contributed by atoms with van der Waals surface area (Å²) in [5.41, 5.74) is 1.44. The van der Waals surface area contributed by atoms with Gasteiger partial charge in [-0.25, -0.2) is 4.98 Å². The fourth-order valence-electron chi connectivity index (χ4n) is 2.89. The van der Waals surface area contributed by atoms with Gasteiger partial charge in [-0.2, -0.15) is 0 Å². The van der Waals surface area contributed by atoms with E-state index in [2.05, 4.69) is 25.8 Å². The Morgan fingerprint density at radius 1 is 1.53 bits per heavy atom. The van der Waals surface area contributed by atoms with Gasteiger partial charge in [-0.3, -0.25) is 9.36 Å². The SMILES string of the molecule is CC(C)Cn1cnc2sc3c(c2c1=O)CCC(C)C3. The molecule has 0 N–H and O–H groups in total. The fraction of sp³-hybridized carbons (Fsp3) is 0.600. The van der Waals surface area contributed by atoms with Crippen molar-refractivity contribution in [3.05, 3.63) is 27.1 Å². The topological polar surface area (TPSA) is 34.9 Å². The zero-order chi connectivity index (χ0) is 13.6. The van der Waals surface area contributed by atoms with Gasteiger partial charge in [0, 0.05) is 11.4 Å². The van der Waals surface area contributed by atoms with Crippen LogP contribution < -0.4 is 5.56 Å². The molecule has 1 aliphatic carbocycles. The zero-order valence-electron chi connectivity index (χ0n) is 11.8. The molecule has 0 saturated heterocycles. The van der Waals surface area contributed by atoms with Gasteiger partial charge >= 0.3 is 0 Å². The fourth-order valence-corrected chi connectivity index (χ4v) is 4.23. The monoisotopic (exact) mass is 276 g/mol. The van der Waals surface area contributed by atoms with Gasteiger partial charge < -0.3 is 0 Å². The Bertz CT molecular complexity index is 669. The quantitative estimate of drug-likeness (QED) is 0.844. The molecular weight excluding hydrogens is 256 g/mol. The van der Waals surface area contributed by atoms with Gasteiger partial charge in [0.15, 0.2) is 0 Å². The number of nitrogens with zero attached hydrogens (tertiary/aromatic N) is 2. The number of rotatable bonds is 2. The summed E-state index contributed by atoms with van der Waals surface area (Å²) in [6, 6.07) is 0. The molecule has 2 aromatic heterocycles. The normalized spacial score (nSPS) is 19.1. The maximum absolute atomic E-state index is 12.6. The van der Waals surface area contributed by atoms with Crippen LogP contribution in [0.3, 0.4) is 0 Å². The van der Waals surface area contributed by atoms with E-state index in [0.717, 1.165) is 35.5 Å². The highest BCUT2D eigenvalue weighted by Gasteiger charge is 2.23. The molecule has 0 fully saturated rings. The molecule has 3 rings (SSSR count). The van der Waals surface area contributed by atoms with Crippen molar-refractivity contribution in [2.24, 2.45) is 11.8 Å². The van der Waals surface area contributed by atoms with Crippen LogP contribution in [0.1, 0.15) is 37.6 Å². The van der Waals surface area contributed by atoms with Gasteiger partial charge in [0.25, 0.3) is 5.56 Å². The largest absolute Gasteiger partial charge is 0.298 e. The molecule has 102 valence electrons. The number of aromatic nitrogens is 2. The minimum Gasteiger partial charge on any atom is -0.298 e. The Hall–Kier alpha value is -1.16. The first-order valence-corrected chi connectivity index (χ1v) is 7.87. The van der Waals surface area contributed by atoms with Crippen molar-refractivity contribution in [3.63, 3.8) is 0 Å². The summed E-state index contributed by atoms with van der Waals surface area (Å²) in [6.45, 7) is 7.30. The summed E-state index contributed by atoms with van der Waals surface area (Å²) >= 11 is 1.72. The molecule has 3 nitrogen and oxygen atoms in total. The number of thiophene rings is 1. The number of hydrogen-bond acceptors (Lipinski definition) is 3. The third-order valence-electron chi connectivity index (χ3n) is 3.84. The van der Waals surface area contributed by atoms with Crippen molar-refractivity contribution in [2.45, 2.75) is 46.6 Å². The third kappa shape index (κ3) is 2.22. The van der Waals surface area contributed by atoms with Crippen molar-refractivity contribution in [3.8, 4) is 0 Å². The molecular formula is C15H20N2OS. The lowest BCUT2D eigenvalue weighted by Crippen LogP contribution is -2.23. The van der Waals surface area contributed by atoms with Crippen molar-refractivity contribution >= 4 is 21.6 Å². The molecule has 0 radical (unpaired) electrons. The van der Waals surface area contributed by atoms with Crippen LogP contribution in [0.2, 0.25) is 0 Å². The van der Waals surface area contributed by atoms with Crippen LogP contribution >= 0.6 is 11.3 Å². The molecule has 19 heavy (non-hydrogen) atoms. The van der Waals surface area contributed by atoms with Crippen molar-refractivity contribution < 1.29 is 0 Å². The van der Waals surface area contributed by atoms with Crippen LogP contribution in [0.15, 0.2) is 11.1 Å². The third-order valence-corrected chi connectivity index (χ3v) is 5.01. The van der Waals surface area contributed by atoms with Crippen molar-refractivity contribution in [1.29, 1.82) is 0 Å². The molecule has 0 amide bonds. The predicted molar refractivity (Wildman–Crippen MR) is 79.9 cm³/mol. The van der Waals surface area contributed by atoms with E-state index >= 15 is 0 Å². The smallest absolute Gasteiger partial charge is 0.262 e. The molecule has 1 atom stereocenters. The Labute approximate surface area is 117 Å². The zero-order valence-corrected chi connectivity index (χ0v) is 12.6. The first-order chi connectivity index (χ1) is 9.06. The van der Waals surface area contributed by atoms with Gasteiger partial charge in [-0.1, -0.05) is 20.8 Å². The molecule has 0 spiro atoms. The van der Waals surface area contributed by atoms with Crippen LogP contribution in [0, 0.1) is 11.8 Å². The molecule has 4 heteroatoms. The number of fused-ring (bicyclic) bond motifs is 3. The lowest BCUT2D eigenvalue weighted by atomic mass is 9.89. The first kappa shape index (κ1) is 12.9. The maximum Gasteiger partial charge on any atom is 0.262 e. The molecule has 0 bridgehead atoms. The summed E-state index contributed by atoms with van der Waals surface area (Å²) in [5.74, 6) is 1.20. The Morgan fingerprint density at radius 2 is 2.32 bits per heavy atom. The summed E-state index contributed by atoms with van der Waals surface area (Å²) in [6.07, 6.45) is 5.06. The van der Waals surface area contributed by atoms with Gasteiger partial charge in [0.2, 0.25) is 0 Å². The van der Waals surface area contributed by atoms with E-state index in [9.17, 15) is 4.79 Å². The van der Waals surface area contributed by atoms with Crippen molar-refractivity contribution in [1.82, 2.24) is 9.55 Å². The number of aryl methyl sites for hydroxylation is 1. The van der Waals surface area contributed by atoms with Gasteiger partial charge in [0.05, 0.1) is 11.7 Å². The molecule has 0 aliphatic heterocycles. The van der Waals surface area contributed by atoms with Crippen LogP contribution in [-0.2, 0) is 19.4 Å². The first-order valence-electron chi connectivity index (χ1n) is 7.06. The summed E-state index contributed by atoms with van der Waals surface area (Å²) in [5, 5.41) is 0.898. The molecule has 1 aliphatic rings. The lowest BCUT2D eigenvalue weighted by Gasteiger charge is -2.17. The Morgan fingerprint density at radius 3 is 3.05 bits per heavy atom. The average molecular weight is 276 g/mol. The summed E-state index contributed by atoms with van der Waals surface area (Å²) in [7, 11) is 0. The number of hydrogen-bond donors (Lipinski definition) is 0. The second kappa shape index (κ2) is 4.75. The van der Waals surface area contributed by atoms with E-state index in [-0.39, 0.29) is 5.56 Å². The second-order valence-corrected chi connectivity index (χ2v) is 7.21. The van der Waals surface area contributed by atoms with E-state index in [0.29, 0.717) is 5.92 Å². The Balaban J connectivity index is 2.17. The highest BCUT2D eigenvalue weighted by Crippen LogP contribution is 2.35. The lowest BCUT2D eigenvalue weighted by molar-refractivity contribution is 0.504. The molecule has 2 heterocycles. The van der Waals surface area contributed by atoms with Crippen LogP contribution in [0.25, 0.3) is 10.2 Å². The summed E-state index contributed by atoms with van der Waals surface area (Å²) in [4.78, 5) is 19.4. The van der Waals surface area contributed by atoms with E-state index in [1.54, 1.807) is 22.2 Å². The highest BCUT2D eigenvalue weighted by atomic mass is 32.1. The molecule has 1 unspecified atom stereocenters. The van der Waals surface area contributed by atoms with Gasteiger partial charge in [-0.15, -0.1) is 11.3 Å². The van der Waals surface area contributed by atoms with Gasteiger partial charge in [0.1, 0.15) is 4.83 Å². The van der Waals surface area contributed by atoms with Gasteiger partial charge in [-0.05, 0) is 36.7 Å². The van der Waals surface area contributed by atoms with Crippen LogP contribution in [0.4, 0.5) is 0 Å². The maximum atomic E-state index is 12.6. The minimum atomic E-state index is 0.158. The molecule has 0 saturated carbocycles. The van der Waals surface area contributed by atoms with Crippen molar-refractivity contribution in [2.75, 3.05) is 0 Å². The van der Waals surface area contributed by atoms with E-state index in [1.165, 1.54) is 16.9 Å². The van der Waals surface area contributed by atoms with Crippen LogP contribution in [0.5, 0.6) is 0 Å². The molecule has 0 aromatic carbocycles. The van der Waals surface area contributed by atoms with E-state index in [1.807, 2.05) is 0 Å². The highest BCUT2D eigenvalue weighted by molar-refractivity contribution is 7.18. The Kier molecular flexibility index (Phi) is 3.21. The standard InChI is InChI=1S/C15H20N2OS/c1-9(2)7-17-8-16-14-13(15(17)18)11-5-4-10(3)6-12(11)19-14/h8-10H,4-7H2,1-3H3. The van der Waals surface area contributed by atoms with Crippen LogP contribution in [-0.4, -0.2) is 9.55 Å². The summed E-state index contributed by atoms with van der Waals surface area (Å²) < 4.78 is 1.78. The van der Waals surface area contributed by atoms with E-state index in [4.69, 9.17) is 0 Å². The second-order valence-electron chi connectivity index (χ2n) is 6.13. The molecule has 2 aromatic rings. The van der Waals surface area contributed by atoms with E-state index < -0.39 is 0 Å².